The maximum atomic E-state index is 11.7. The number of nitrogens with one attached hydrogen (secondary N) is 2. The number of hydrogen-bond acceptors (Lipinski definition) is 8. The molecule has 0 radical (unpaired) electrons. The molecular weight excluding hydrogens is 366 g/mol. The van der Waals surface area contributed by atoms with Gasteiger partial charge in [-0.25, -0.2) is 9.97 Å². The first-order chi connectivity index (χ1) is 13.0. The number of carbonyl (C=O) groups is 2. The molecule has 3 rings (SSSR count). The SMILES string of the molecule is C=CC(=O)NC1CCCN(c2cnc(C(N)=O)c(Nc3cc(C)ns3)n2)C1. The molecular formula is C17H21N7O2S. The van der Waals surface area contributed by atoms with Gasteiger partial charge in [0.2, 0.25) is 5.91 Å². The number of carbonyl (C=O) groups excluding carboxylic acids is 2. The highest BCUT2D eigenvalue weighted by molar-refractivity contribution is 7.10. The molecule has 27 heavy (non-hydrogen) atoms. The maximum absolute atomic E-state index is 11.7. The highest BCUT2D eigenvalue weighted by atomic mass is 32.1. The number of aryl methyl sites for hydroxylation is 1. The standard InChI is InChI=1S/C17H21N7O2S/c1-3-13(25)20-11-5-4-6-24(9-11)12-8-19-15(16(18)26)17(21-12)22-14-7-10(2)23-27-14/h3,7-8,11H,1,4-6,9H2,2H3,(H2,18,26)(H,20,25)(H,21,22). The van der Waals surface area contributed by atoms with Crippen molar-refractivity contribution in [2.45, 2.75) is 25.8 Å². The molecule has 2 aromatic rings. The minimum absolute atomic E-state index is 0.00224. The van der Waals surface area contributed by atoms with E-state index in [9.17, 15) is 9.59 Å². The van der Waals surface area contributed by atoms with E-state index in [0.717, 1.165) is 30.1 Å². The van der Waals surface area contributed by atoms with Crippen molar-refractivity contribution in [2.24, 2.45) is 5.73 Å². The minimum Gasteiger partial charge on any atom is -0.364 e. The number of primary amides is 1. The summed E-state index contributed by atoms with van der Waals surface area (Å²) in [7, 11) is 0. The van der Waals surface area contributed by atoms with E-state index in [0.29, 0.717) is 18.2 Å². The number of aromatic nitrogens is 3. The Hall–Kier alpha value is -3.01. The van der Waals surface area contributed by atoms with Crippen molar-refractivity contribution in [3.8, 4) is 0 Å². The lowest BCUT2D eigenvalue weighted by Crippen LogP contribution is -2.47. The number of nitrogens with two attached hydrogens (primary N) is 1. The Bertz CT molecular complexity index is 867. The van der Waals surface area contributed by atoms with Crippen molar-refractivity contribution in [3.63, 3.8) is 0 Å². The lowest BCUT2D eigenvalue weighted by Gasteiger charge is -2.33. The van der Waals surface area contributed by atoms with Crippen LogP contribution in [-0.4, -0.2) is 45.3 Å². The molecule has 1 aliphatic heterocycles. The summed E-state index contributed by atoms with van der Waals surface area (Å²) in [4.78, 5) is 34.0. The zero-order valence-corrected chi connectivity index (χ0v) is 15.8. The average molecular weight is 387 g/mol. The zero-order valence-electron chi connectivity index (χ0n) is 14.9. The minimum atomic E-state index is -0.660. The molecule has 4 N–H and O–H groups in total. The molecule has 0 saturated carbocycles. The van der Waals surface area contributed by atoms with Gasteiger partial charge in [-0.05, 0) is 43.4 Å². The second-order valence-corrected chi connectivity index (χ2v) is 7.05. The van der Waals surface area contributed by atoms with E-state index in [2.05, 4.69) is 31.6 Å². The predicted octanol–water partition coefficient (Wildman–Crippen LogP) is 1.36. The molecule has 0 spiro atoms. The van der Waals surface area contributed by atoms with E-state index < -0.39 is 5.91 Å². The van der Waals surface area contributed by atoms with Gasteiger partial charge in [-0.15, -0.1) is 0 Å². The van der Waals surface area contributed by atoms with Gasteiger partial charge in [0, 0.05) is 19.1 Å². The molecule has 0 aliphatic carbocycles. The average Bonchev–Trinajstić information content (AvgIpc) is 3.06. The summed E-state index contributed by atoms with van der Waals surface area (Å²) >= 11 is 1.26. The van der Waals surface area contributed by atoms with Gasteiger partial charge in [-0.2, -0.15) is 4.37 Å². The Kier molecular flexibility index (Phi) is 5.65. The number of amides is 2. The van der Waals surface area contributed by atoms with Crippen LogP contribution in [0.2, 0.25) is 0 Å². The Morgan fingerprint density at radius 3 is 2.96 bits per heavy atom. The number of piperidine rings is 1. The van der Waals surface area contributed by atoms with Gasteiger partial charge in [0.05, 0.1) is 11.9 Å². The topological polar surface area (TPSA) is 126 Å². The second-order valence-electron chi connectivity index (χ2n) is 6.25. The Morgan fingerprint density at radius 1 is 1.48 bits per heavy atom. The summed E-state index contributed by atoms with van der Waals surface area (Å²) in [6, 6.07) is 1.85. The van der Waals surface area contributed by atoms with Gasteiger partial charge < -0.3 is 21.3 Å². The Labute approximate surface area is 160 Å². The molecule has 2 amide bonds. The first-order valence-electron chi connectivity index (χ1n) is 8.51. The summed E-state index contributed by atoms with van der Waals surface area (Å²) in [5.74, 6) is 0.0506. The first-order valence-corrected chi connectivity index (χ1v) is 9.28. The van der Waals surface area contributed by atoms with Crippen molar-refractivity contribution in [1.29, 1.82) is 0 Å². The van der Waals surface area contributed by atoms with Crippen LogP contribution >= 0.6 is 11.5 Å². The molecule has 10 heteroatoms. The van der Waals surface area contributed by atoms with Crippen LogP contribution in [0.1, 0.15) is 29.0 Å². The Balaban J connectivity index is 1.82. The fraction of sp³-hybridized carbons (Fsp3) is 0.353. The van der Waals surface area contributed by atoms with Gasteiger partial charge in [0.1, 0.15) is 10.8 Å². The third-order valence-corrected chi connectivity index (χ3v) is 4.94. The third kappa shape index (κ3) is 4.59. The number of rotatable bonds is 6. The molecule has 142 valence electrons. The van der Waals surface area contributed by atoms with Crippen LogP contribution in [0.25, 0.3) is 0 Å². The molecule has 3 heterocycles. The van der Waals surface area contributed by atoms with Gasteiger partial charge >= 0.3 is 0 Å². The molecule has 1 saturated heterocycles. The zero-order chi connectivity index (χ0) is 19.4. The molecule has 1 aliphatic rings. The van der Waals surface area contributed by atoms with E-state index in [1.807, 2.05) is 17.9 Å². The van der Waals surface area contributed by atoms with Crippen LogP contribution < -0.4 is 21.3 Å². The lowest BCUT2D eigenvalue weighted by molar-refractivity contribution is -0.117. The highest BCUT2D eigenvalue weighted by Crippen LogP contribution is 2.25. The maximum Gasteiger partial charge on any atom is 0.271 e. The van der Waals surface area contributed by atoms with E-state index in [1.54, 1.807) is 0 Å². The number of anilines is 3. The Morgan fingerprint density at radius 2 is 2.30 bits per heavy atom. The van der Waals surface area contributed by atoms with Gasteiger partial charge in [-0.1, -0.05) is 6.58 Å². The van der Waals surface area contributed by atoms with Crippen LogP contribution in [0.5, 0.6) is 0 Å². The van der Waals surface area contributed by atoms with Gasteiger partial charge in [0.25, 0.3) is 5.91 Å². The normalized spacial score (nSPS) is 16.6. The van der Waals surface area contributed by atoms with Crippen molar-refractivity contribution in [3.05, 3.63) is 36.3 Å². The van der Waals surface area contributed by atoms with Crippen molar-refractivity contribution in [2.75, 3.05) is 23.3 Å². The van der Waals surface area contributed by atoms with E-state index in [1.165, 1.54) is 23.8 Å². The lowest BCUT2D eigenvalue weighted by atomic mass is 10.1. The second kappa shape index (κ2) is 8.12. The van der Waals surface area contributed by atoms with E-state index in [-0.39, 0.29) is 17.6 Å². The van der Waals surface area contributed by atoms with Crippen molar-refractivity contribution < 1.29 is 9.59 Å². The fourth-order valence-electron chi connectivity index (χ4n) is 2.90. The van der Waals surface area contributed by atoms with Gasteiger partial charge in [-0.3, -0.25) is 9.59 Å². The summed E-state index contributed by atoms with van der Waals surface area (Å²) in [5.41, 5.74) is 6.36. The smallest absolute Gasteiger partial charge is 0.271 e. The summed E-state index contributed by atoms with van der Waals surface area (Å²) in [6.45, 7) is 6.74. The number of hydrogen-bond donors (Lipinski definition) is 3. The highest BCUT2D eigenvalue weighted by Gasteiger charge is 2.23. The van der Waals surface area contributed by atoms with Crippen molar-refractivity contribution >= 4 is 40.0 Å². The first kappa shape index (κ1) is 18.8. The molecule has 0 aromatic carbocycles. The monoisotopic (exact) mass is 387 g/mol. The van der Waals surface area contributed by atoms with E-state index in [4.69, 9.17) is 5.73 Å². The fourth-order valence-corrected chi connectivity index (χ4v) is 3.56. The summed E-state index contributed by atoms with van der Waals surface area (Å²) in [6.07, 6.45) is 4.58. The number of nitrogens with zero attached hydrogens (tertiary/aromatic N) is 4. The largest absolute Gasteiger partial charge is 0.364 e. The molecule has 1 fully saturated rings. The molecule has 2 aromatic heterocycles. The molecule has 1 unspecified atom stereocenters. The van der Waals surface area contributed by atoms with Crippen LogP contribution in [0.4, 0.5) is 16.6 Å². The van der Waals surface area contributed by atoms with Crippen LogP contribution in [0.3, 0.4) is 0 Å². The summed E-state index contributed by atoms with van der Waals surface area (Å²) < 4.78 is 4.20. The van der Waals surface area contributed by atoms with Gasteiger partial charge in [0.15, 0.2) is 11.5 Å². The molecule has 1 atom stereocenters. The third-order valence-electron chi connectivity index (χ3n) is 4.14. The van der Waals surface area contributed by atoms with E-state index >= 15 is 0 Å². The molecule has 0 bridgehead atoms. The predicted molar refractivity (Wildman–Crippen MR) is 104 cm³/mol. The molecule has 9 nitrogen and oxygen atoms in total. The van der Waals surface area contributed by atoms with Crippen LogP contribution in [0.15, 0.2) is 24.9 Å². The quantitative estimate of drug-likeness (QED) is 0.639. The van der Waals surface area contributed by atoms with Crippen molar-refractivity contribution in [1.82, 2.24) is 19.7 Å². The summed E-state index contributed by atoms with van der Waals surface area (Å²) in [5, 5.41) is 6.74. The van der Waals surface area contributed by atoms with Crippen LogP contribution in [0, 0.1) is 6.92 Å². The van der Waals surface area contributed by atoms with Crippen LogP contribution in [-0.2, 0) is 4.79 Å².